The Kier molecular flexibility index (Phi) is 4.44. The Balaban J connectivity index is 3.08. The molecule has 0 aliphatic heterocycles. The molecule has 0 unspecified atom stereocenters. The zero-order chi connectivity index (χ0) is 13.1. The van der Waals surface area contributed by atoms with Crippen LogP contribution in [0.4, 0.5) is 5.69 Å². The maximum absolute atomic E-state index is 11.6. The van der Waals surface area contributed by atoms with Crippen molar-refractivity contribution in [3.63, 3.8) is 0 Å². The molecule has 1 aromatic rings. The highest BCUT2D eigenvalue weighted by molar-refractivity contribution is 7.90. The van der Waals surface area contributed by atoms with Gasteiger partial charge in [-0.1, -0.05) is 12.1 Å². The molecule has 1 N–H and O–H groups in total. The first kappa shape index (κ1) is 14.3. The lowest BCUT2D eigenvalue weighted by Crippen LogP contribution is -2.31. The van der Waals surface area contributed by atoms with Gasteiger partial charge in [0.15, 0.2) is 9.84 Å². The van der Waals surface area contributed by atoms with Gasteiger partial charge >= 0.3 is 0 Å². The van der Waals surface area contributed by atoms with Crippen molar-refractivity contribution in [3.8, 4) is 0 Å². The van der Waals surface area contributed by atoms with E-state index in [1.54, 1.807) is 18.2 Å². The Morgan fingerprint density at radius 1 is 1.29 bits per heavy atom. The van der Waals surface area contributed by atoms with Crippen LogP contribution >= 0.6 is 11.6 Å². The Hall–Kier alpha value is -0.740. The van der Waals surface area contributed by atoms with Gasteiger partial charge in [0.25, 0.3) is 0 Å². The second kappa shape index (κ2) is 5.27. The summed E-state index contributed by atoms with van der Waals surface area (Å²) in [6, 6.07) is 6.91. The molecule has 0 spiro atoms. The Labute approximate surface area is 108 Å². The zero-order valence-electron chi connectivity index (χ0n) is 10.3. The third kappa shape index (κ3) is 4.21. The van der Waals surface area contributed by atoms with Gasteiger partial charge in [-0.25, -0.2) is 8.42 Å². The van der Waals surface area contributed by atoms with Crippen LogP contribution in [0.25, 0.3) is 0 Å². The van der Waals surface area contributed by atoms with Crippen molar-refractivity contribution in [3.05, 3.63) is 24.3 Å². The maximum Gasteiger partial charge on any atom is 0.177 e. The molecular weight excluding hydrogens is 258 g/mol. The number of rotatable bonds is 5. The van der Waals surface area contributed by atoms with Crippen LogP contribution in [0, 0.1) is 0 Å². The van der Waals surface area contributed by atoms with Gasteiger partial charge < -0.3 is 5.32 Å². The van der Waals surface area contributed by atoms with Crippen molar-refractivity contribution >= 4 is 27.1 Å². The fourth-order valence-corrected chi connectivity index (χ4v) is 2.87. The van der Waals surface area contributed by atoms with Crippen molar-refractivity contribution in [1.29, 1.82) is 0 Å². The number of nitrogens with one attached hydrogen (secondary N) is 1. The van der Waals surface area contributed by atoms with E-state index >= 15 is 0 Å². The number of anilines is 1. The summed E-state index contributed by atoms with van der Waals surface area (Å²) < 4.78 is 23.3. The average molecular weight is 276 g/mol. The molecule has 0 radical (unpaired) electrons. The van der Waals surface area contributed by atoms with Crippen LogP contribution in [0.1, 0.15) is 20.3 Å². The van der Waals surface area contributed by atoms with Crippen molar-refractivity contribution < 1.29 is 8.42 Å². The maximum atomic E-state index is 11.6. The van der Waals surface area contributed by atoms with Gasteiger partial charge in [-0.05, 0) is 32.4 Å². The fraction of sp³-hybridized carbons (Fsp3) is 0.500. The minimum absolute atomic E-state index is 0.234. The molecule has 0 atom stereocenters. The lowest BCUT2D eigenvalue weighted by Gasteiger charge is -2.27. The number of benzene rings is 1. The Bertz CT molecular complexity index is 483. The van der Waals surface area contributed by atoms with Crippen LogP contribution in [0.2, 0.25) is 0 Å². The summed E-state index contributed by atoms with van der Waals surface area (Å²) in [6.45, 7) is 3.99. The molecule has 1 rings (SSSR count). The number of para-hydroxylation sites is 1. The Morgan fingerprint density at radius 2 is 1.88 bits per heavy atom. The highest BCUT2D eigenvalue weighted by atomic mass is 35.5. The van der Waals surface area contributed by atoms with E-state index in [0.717, 1.165) is 6.42 Å². The summed E-state index contributed by atoms with van der Waals surface area (Å²) in [5.74, 6) is 0.529. The second-order valence-corrected chi connectivity index (χ2v) is 7.08. The van der Waals surface area contributed by atoms with Crippen LogP contribution in [-0.4, -0.2) is 26.1 Å². The number of halogens is 1. The average Bonchev–Trinajstić information content (AvgIpc) is 2.15. The molecule has 0 bridgehead atoms. The normalized spacial score (nSPS) is 12.5. The molecule has 17 heavy (non-hydrogen) atoms. The largest absolute Gasteiger partial charge is 0.379 e. The predicted octanol–water partition coefficient (Wildman–Crippen LogP) is 2.91. The number of sulfone groups is 1. The highest BCUT2D eigenvalue weighted by Gasteiger charge is 2.20. The van der Waals surface area contributed by atoms with Crippen molar-refractivity contribution in [2.45, 2.75) is 30.7 Å². The van der Waals surface area contributed by atoms with E-state index in [-0.39, 0.29) is 5.54 Å². The van der Waals surface area contributed by atoms with Crippen LogP contribution in [0.5, 0.6) is 0 Å². The molecule has 5 heteroatoms. The van der Waals surface area contributed by atoms with Gasteiger partial charge in [0.2, 0.25) is 0 Å². The van der Waals surface area contributed by atoms with E-state index in [1.165, 1.54) is 6.26 Å². The van der Waals surface area contributed by atoms with Gasteiger partial charge in [0, 0.05) is 17.7 Å². The topological polar surface area (TPSA) is 46.2 Å². The summed E-state index contributed by atoms with van der Waals surface area (Å²) in [5, 5.41) is 3.23. The number of hydrogen-bond donors (Lipinski definition) is 1. The first-order chi connectivity index (χ1) is 7.76. The van der Waals surface area contributed by atoms with Gasteiger partial charge in [-0.15, -0.1) is 11.6 Å². The first-order valence-corrected chi connectivity index (χ1v) is 7.82. The quantitative estimate of drug-likeness (QED) is 0.841. The summed E-state index contributed by atoms with van der Waals surface area (Å²) in [5.41, 5.74) is 0.396. The molecule has 0 saturated carbocycles. The van der Waals surface area contributed by atoms with Crippen molar-refractivity contribution in [2.24, 2.45) is 0 Å². The SMILES string of the molecule is CC(C)(CCCl)Nc1ccccc1S(C)(=O)=O. The molecule has 0 saturated heterocycles. The van der Waals surface area contributed by atoms with E-state index < -0.39 is 9.84 Å². The molecule has 0 aromatic heterocycles. The van der Waals surface area contributed by atoms with E-state index in [2.05, 4.69) is 5.32 Å². The van der Waals surface area contributed by atoms with Crippen LogP contribution in [0.15, 0.2) is 29.2 Å². The lowest BCUT2D eigenvalue weighted by molar-refractivity contribution is 0.548. The predicted molar refractivity (Wildman–Crippen MR) is 72.6 cm³/mol. The van der Waals surface area contributed by atoms with Crippen LogP contribution in [-0.2, 0) is 9.84 Å². The highest BCUT2D eigenvalue weighted by Crippen LogP contribution is 2.25. The number of hydrogen-bond acceptors (Lipinski definition) is 3. The van der Waals surface area contributed by atoms with Gasteiger partial charge in [0.05, 0.1) is 10.6 Å². The standard InChI is InChI=1S/C12H18ClNO2S/c1-12(2,8-9-13)14-10-6-4-5-7-11(10)17(3,15)16/h4-7,14H,8-9H2,1-3H3. The first-order valence-electron chi connectivity index (χ1n) is 5.39. The molecule has 0 amide bonds. The minimum atomic E-state index is -3.22. The van der Waals surface area contributed by atoms with Gasteiger partial charge in [0.1, 0.15) is 0 Å². The minimum Gasteiger partial charge on any atom is -0.379 e. The summed E-state index contributed by atoms with van der Waals surface area (Å²) in [4.78, 5) is 0.322. The zero-order valence-corrected chi connectivity index (χ0v) is 11.9. The van der Waals surface area contributed by atoms with Crippen molar-refractivity contribution in [1.82, 2.24) is 0 Å². The summed E-state index contributed by atoms with van der Waals surface area (Å²) >= 11 is 5.72. The van der Waals surface area contributed by atoms with Crippen LogP contribution in [0.3, 0.4) is 0 Å². The van der Waals surface area contributed by atoms with Gasteiger partial charge in [-0.3, -0.25) is 0 Å². The third-order valence-electron chi connectivity index (χ3n) is 2.48. The molecule has 0 aliphatic carbocycles. The summed E-state index contributed by atoms with van der Waals surface area (Å²) in [7, 11) is -3.22. The monoisotopic (exact) mass is 275 g/mol. The van der Waals surface area contributed by atoms with Crippen molar-refractivity contribution in [2.75, 3.05) is 17.5 Å². The molecule has 0 fully saturated rings. The van der Waals surface area contributed by atoms with E-state index in [1.807, 2.05) is 19.9 Å². The molecule has 0 aliphatic rings. The van der Waals surface area contributed by atoms with Gasteiger partial charge in [-0.2, -0.15) is 0 Å². The Morgan fingerprint density at radius 3 is 2.41 bits per heavy atom. The second-order valence-electron chi connectivity index (χ2n) is 4.72. The third-order valence-corrected chi connectivity index (χ3v) is 3.82. The van der Waals surface area contributed by atoms with E-state index in [9.17, 15) is 8.42 Å². The molecule has 0 heterocycles. The number of alkyl halides is 1. The smallest absolute Gasteiger partial charge is 0.177 e. The molecule has 96 valence electrons. The van der Waals surface area contributed by atoms with E-state index in [4.69, 9.17) is 11.6 Å². The van der Waals surface area contributed by atoms with E-state index in [0.29, 0.717) is 16.5 Å². The molecule has 3 nitrogen and oxygen atoms in total. The fourth-order valence-electron chi connectivity index (χ4n) is 1.56. The lowest BCUT2D eigenvalue weighted by atomic mass is 10.0. The molecular formula is C12H18ClNO2S. The molecule has 1 aromatic carbocycles. The van der Waals surface area contributed by atoms with Crippen LogP contribution < -0.4 is 5.32 Å². The summed E-state index contributed by atoms with van der Waals surface area (Å²) in [6.07, 6.45) is 1.97.